The largest absolute Gasteiger partial charge is 1.00 e. The van der Waals surface area contributed by atoms with E-state index in [1.165, 1.54) is 6.20 Å². The second-order valence-corrected chi connectivity index (χ2v) is 3.09. The van der Waals surface area contributed by atoms with Crippen LogP contribution in [-0.2, 0) is 0 Å². The van der Waals surface area contributed by atoms with Gasteiger partial charge >= 0.3 is 18.9 Å². The van der Waals surface area contributed by atoms with E-state index in [1.54, 1.807) is 24.3 Å². The van der Waals surface area contributed by atoms with Gasteiger partial charge in [-0.15, -0.1) is 0 Å². The maximum atomic E-state index is 10.6. The number of carbonyl (C=O) groups excluding carboxylic acids is 1. The molecular weight excluding hydrogens is 196 g/mol. The summed E-state index contributed by atoms with van der Waals surface area (Å²) in [5, 5.41) is 12.0. The molecule has 0 aliphatic heterocycles. The van der Waals surface area contributed by atoms with Crippen molar-refractivity contribution in [3.8, 4) is 0 Å². The number of benzene rings is 1. The Morgan fingerprint density at radius 2 is 2.07 bits per heavy atom. The summed E-state index contributed by atoms with van der Waals surface area (Å²) < 4.78 is 1.05. The fourth-order valence-electron chi connectivity index (χ4n) is 1.27. The number of aromatic nitrogens is 1. The molecule has 0 radical (unpaired) electrons. The third-order valence-corrected chi connectivity index (χ3v) is 2.08. The second kappa shape index (κ2) is 4.10. The maximum Gasteiger partial charge on any atom is 1.00 e. The van der Waals surface area contributed by atoms with E-state index in [9.17, 15) is 9.90 Å². The Balaban J connectivity index is 0.000000980. The molecule has 0 fully saturated rings. The van der Waals surface area contributed by atoms with E-state index in [0.29, 0.717) is 10.5 Å². The predicted molar refractivity (Wildman–Crippen MR) is 47.7 cm³/mol. The van der Waals surface area contributed by atoms with Crippen molar-refractivity contribution in [1.29, 1.82) is 0 Å². The minimum absolute atomic E-state index is 0. The summed E-state index contributed by atoms with van der Waals surface area (Å²) in [4.78, 5) is 10.6. The molecule has 1 heterocycles. The summed E-state index contributed by atoms with van der Waals surface area (Å²) in [5.41, 5.74) is 0.587. The number of hydrogen-bond donors (Lipinski definition) is 0. The molecule has 1 aromatic carbocycles. The molecular formula is C9H5ClLiNO2. The SMILES string of the molecule is O=C([O-])n1ccc2cc(Cl)ccc21.[Li+]. The summed E-state index contributed by atoms with van der Waals surface area (Å²) in [6.45, 7) is 0. The Labute approximate surface area is 97.5 Å². The summed E-state index contributed by atoms with van der Waals surface area (Å²) in [6, 6.07) is 6.67. The van der Waals surface area contributed by atoms with Crippen molar-refractivity contribution in [2.75, 3.05) is 0 Å². The monoisotopic (exact) mass is 201 g/mol. The zero-order valence-electron chi connectivity index (χ0n) is 7.53. The number of rotatable bonds is 0. The number of carbonyl (C=O) groups is 1. The van der Waals surface area contributed by atoms with E-state index in [-0.39, 0.29) is 18.9 Å². The Hall–Kier alpha value is -0.883. The molecule has 2 rings (SSSR count). The molecule has 0 bridgehead atoms. The topological polar surface area (TPSA) is 45.1 Å². The van der Waals surface area contributed by atoms with Gasteiger partial charge in [-0.25, -0.2) is 0 Å². The first-order valence-corrected chi connectivity index (χ1v) is 4.04. The van der Waals surface area contributed by atoms with Gasteiger partial charge in [0.1, 0.15) is 6.09 Å². The van der Waals surface area contributed by atoms with Gasteiger partial charge in [-0.2, -0.15) is 0 Å². The zero-order chi connectivity index (χ0) is 9.42. The van der Waals surface area contributed by atoms with E-state index >= 15 is 0 Å². The fraction of sp³-hybridized carbons (Fsp3) is 0. The third kappa shape index (κ3) is 1.80. The Kier molecular flexibility index (Phi) is 3.28. The van der Waals surface area contributed by atoms with E-state index in [4.69, 9.17) is 11.6 Å². The first-order chi connectivity index (χ1) is 6.18. The summed E-state index contributed by atoms with van der Waals surface area (Å²) in [6.07, 6.45) is 0.202. The maximum absolute atomic E-state index is 10.6. The van der Waals surface area contributed by atoms with E-state index in [1.807, 2.05) is 0 Å². The van der Waals surface area contributed by atoms with Crippen molar-refractivity contribution in [2.24, 2.45) is 0 Å². The Bertz CT molecular complexity index is 481. The average molecular weight is 202 g/mol. The van der Waals surface area contributed by atoms with Crippen LogP contribution in [-0.4, -0.2) is 10.7 Å². The standard InChI is InChI=1S/C9H6ClNO2.Li/c10-7-1-2-8-6(5-7)3-4-11(8)9(12)13;/h1-5H,(H,12,13);/q;+1/p-1. The molecule has 3 nitrogen and oxygen atoms in total. The molecule has 1 aromatic heterocycles. The Morgan fingerprint density at radius 3 is 2.71 bits per heavy atom. The van der Waals surface area contributed by atoms with E-state index < -0.39 is 6.09 Å². The molecule has 0 amide bonds. The summed E-state index contributed by atoms with van der Waals surface area (Å²) in [5.74, 6) is 0. The van der Waals surface area contributed by atoms with Crippen LogP contribution in [0.15, 0.2) is 30.5 Å². The van der Waals surface area contributed by atoms with Crippen LogP contribution in [0.5, 0.6) is 0 Å². The number of halogens is 1. The minimum Gasteiger partial charge on any atom is -0.529 e. The minimum atomic E-state index is -1.24. The number of carboxylic acid groups (broad SMARTS) is 1. The van der Waals surface area contributed by atoms with Crippen molar-refractivity contribution >= 4 is 28.6 Å². The zero-order valence-corrected chi connectivity index (χ0v) is 8.28. The van der Waals surface area contributed by atoms with Crippen LogP contribution in [0.2, 0.25) is 5.02 Å². The summed E-state index contributed by atoms with van der Waals surface area (Å²) >= 11 is 5.74. The van der Waals surface area contributed by atoms with Gasteiger partial charge in [-0.05, 0) is 24.3 Å². The van der Waals surface area contributed by atoms with Gasteiger partial charge in [0.15, 0.2) is 0 Å². The molecule has 0 spiro atoms. The van der Waals surface area contributed by atoms with Crippen LogP contribution in [0, 0.1) is 0 Å². The summed E-state index contributed by atoms with van der Waals surface area (Å²) in [7, 11) is 0. The van der Waals surface area contributed by atoms with Crippen LogP contribution in [0.25, 0.3) is 10.9 Å². The van der Waals surface area contributed by atoms with Gasteiger partial charge in [0.25, 0.3) is 0 Å². The second-order valence-electron chi connectivity index (χ2n) is 2.65. The van der Waals surface area contributed by atoms with Crippen LogP contribution in [0.1, 0.15) is 0 Å². The molecule has 0 saturated carbocycles. The van der Waals surface area contributed by atoms with Crippen molar-refractivity contribution < 1.29 is 28.8 Å². The average Bonchev–Trinajstić information content (AvgIpc) is 2.46. The van der Waals surface area contributed by atoms with Crippen LogP contribution in [0.3, 0.4) is 0 Å². The quantitative estimate of drug-likeness (QED) is 0.487. The van der Waals surface area contributed by atoms with Crippen molar-refractivity contribution in [3.63, 3.8) is 0 Å². The number of hydrogen-bond acceptors (Lipinski definition) is 2. The van der Waals surface area contributed by atoms with Crippen LogP contribution < -0.4 is 24.0 Å². The van der Waals surface area contributed by atoms with Gasteiger partial charge in [-0.1, -0.05) is 11.6 Å². The fourth-order valence-corrected chi connectivity index (χ4v) is 1.45. The molecule has 0 saturated heterocycles. The first-order valence-electron chi connectivity index (χ1n) is 3.66. The first kappa shape index (κ1) is 11.2. The van der Waals surface area contributed by atoms with Gasteiger partial charge in [0, 0.05) is 16.6 Å². The number of nitrogens with zero attached hydrogens (tertiary/aromatic N) is 1. The van der Waals surface area contributed by atoms with Crippen LogP contribution in [0.4, 0.5) is 4.79 Å². The normalized spacial score (nSPS) is 9.79. The van der Waals surface area contributed by atoms with Crippen molar-refractivity contribution in [1.82, 2.24) is 4.57 Å². The van der Waals surface area contributed by atoms with Gasteiger partial charge in [-0.3, -0.25) is 0 Å². The van der Waals surface area contributed by atoms with Gasteiger partial charge in [0.2, 0.25) is 0 Å². The molecule has 0 N–H and O–H groups in total. The molecule has 0 aliphatic rings. The van der Waals surface area contributed by atoms with Gasteiger partial charge in [0.05, 0.1) is 5.52 Å². The van der Waals surface area contributed by atoms with E-state index in [0.717, 1.165) is 9.95 Å². The molecule has 0 unspecified atom stereocenters. The smallest absolute Gasteiger partial charge is 0.529 e. The van der Waals surface area contributed by atoms with Crippen molar-refractivity contribution in [3.05, 3.63) is 35.5 Å². The molecule has 14 heavy (non-hydrogen) atoms. The molecule has 66 valence electrons. The Morgan fingerprint density at radius 1 is 1.36 bits per heavy atom. The van der Waals surface area contributed by atoms with Crippen LogP contribution >= 0.6 is 11.6 Å². The van der Waals surface area contributed by atoms with Gasteiger partial charge < -0.3 is 14.5 Å². The number of fused-ring (bicyclic) bond motifs is 1. The molecule has 5 heteroatoms. The van der Waals surface area contributed by atoms with E-state index in [2.05, 4.69) is 0 Å². The molecule has 2 aromatic rings. The third-order valence-electron chi connectivity index (χ3n) is 1.85. The van der Waals surface area contributed by atoms with Crippen molar-refractivity contribution in [2.45, 2.75) is 0 Å². The predicted octanol–water partition coefficient (Wildman–Crippen LogP) is -1.51. The molecule has 0 atom stereocenters. The molecule has 0 aliphatic carbocycles.